The first-order valence-corrected chi connectivity index (χ1v) is 8.06. The highest BCUT2D eigenvalue weighted by Crippen LogP contribution is 2.35. The van der Waals surface area contributed by atoms with E-state index in [0.29, 0.717) is 6.20 Å². The maximum atomic E-state index is 13.3. The number of carbonyl (C=O) groups excluding carboxylic acids is 2. The number of amides is 2. The van der Waals surface area contributed by atoms with Crippen molar-refractivity contribution in [1.82, 2.24) is 4.98 Å². The molecule has 0 radical (unpaired) electrons. The zero-order valence-corrected chi connectivity index (χ0v) is 13.6. The molecule has 0 bridgehead atoms. The number of benzene rings is 1. The number of nitrogens with one attached hydrogen (secondary N) is 1. The Bertz CT molecular complexity index is 867. The highest BCUT2D eigenvalue weighted by atomic mass is 32.1. The summed E-state index contributed by atoms with van der Waals surface area (Å²) in [5.74, 6) is -4.21. The van der Waals surface area contributed by atoms with Gasteiger partial charge in [-0.25, -0.2) is 13.8 Å². The van der Waals surface area contributed by atoms with Gasteiger partial charge >= 0.3 is 6.18 Å². The molecule has 1 aromatic heterocycles. The first-order chi connectivity index (χ1) is 12.1. The van der Waals surface area contributed by atoms with Gasteiger partial charge in [-0.15, -0.1) is 0 Å². The first kappa shape index (κ1) is 18.2. The van der Waals surface area contributed by atoms with Crippen LogP contribution in [-0.2, 0) is 15.8 Å². The van der Waals surface area contributed by atoms with Gasteiger partial charge in [0.05, 0.1) is 12.1 Å². The maximum absolute atomic E-state index is 13.3. The third-order valence-corrected chi connectivity index (χ3v) is 4.68. The number of aromatic nitrogens is 1. The van der Waals surface area contributed by atoms with Gasteiger partial charge in [-0.1, -0.05) is 11.3 Å². The van der Waals surface area contributed by atoms with Gasteiger partial charge in [0.25, 0.3) is 0 Å². The Morgan fingerprint density at radius 2 is 2.00 bits per heavy atom. The van der Waals surface area contributed by atoms with Crippen LogP contribution in [0.2, 0.25) is 0 Å². The molecule has 138 valence electrons. The minimum absolute atomic E-state index is 0.0952. The molecule has 2 heterocycles. The number of hydrogen-bond donors (Lipinski definition) is 1. The third-order valence-electron chi connectivity index (χ3n) is 3.73. The van der Waals surface area contributed by atoms with Crippen LogP contribution in [0.15, 0.2) is 24.4 Å². The van der Waals surface area contributed by atoms with Gasteiger partial charge in [0.2, 0.25) is 11.8 Å². The molecule has 3 rings (SSSR count). The summed E-state index contributed by atoms with van der Waals surface area (Å²) in [7, 11) is 0. The molecule has 26 heavy (non-hydrogen) atoms. The van der Waals surface area contributed by atoms with Gasteiger partial charge in [-0.3, -0.25) is 9.59 Å². The average Bonchev–Trinajstić information content (AvgIpc) is 3.16. The fourth-order valence-electron chi connectivity index (χ4n) is 2.46. The molecular formula is C15H10F5N3O2S. The van der Waals surface area contributed by atoms with Crippen LogP contribution in [0.3, 0.4) is 0 Å². The number of thiazole rings is 1. The average molecular weight is 391 g/mol. The van der Waals surface area contributed by atoms with Gasteiger partial charge in [0.15, 0.2) is 16.8 Å². The van der Waals surface area contributed by atoms with Crippen molar-refractivity contribution in [3.8, 4) is 0 Å². The standard InChI is InChI=1S/C15H10F5N3O2S/c16-9-2-1-8(4-10(9)17)23-6-7(3-12(23)24)13(25)22-14-21-5-11(26-14)15(18,19)20/h1-2,4-5,7H,3,6H2,(H,21,22,25). The molecule has 11 heteroatoms. The first-order valence-electron chi connectivity index (χ1n) is 7.24. The Labute approximate surface area is 147 Å². The van der Waals surface area contributed by atoms with Gasteiger partial charge < -0.3 is 10.2 Å². The van der Waals surface area contributed by atoms with E-state index >= 15 is 0 Å². The van der Waals surface area contributed by atoms with E-state index in [-0.39, 0.29) is 35.1 Å². The smallest absolute Gasteiger partial charge is 0.311 e. The van der Waals surface area contributed by atoms with E-state index in [1.807, 2.05) is 0 Å². The van der Waals surface area contributed by atoms with Crippen LogP contribution in [0.4, 0.5) is 32.8 Å². The van der Waals surface area contributed by atoms with Crippen LogP contribution in [0, 0.1) is 17.6 Å². The normalized spacial score (nSPS) is 17.7. The number of nitrogens with zero attached hydrogens (tertiary/aromatic N) is 2. The van der Waals surface area contributed by atoms with Crippen molar-refractivity contribution in [2.75, 3.05) is 16.8 Å². The Hall–Kier alpha value is -2.56. The Morgan fingerprint density at radius 1 is 1.27 bits per heavy atom. The van der Waals surface area contributed by atoms with E-state index in [1.165, 1.54) is 6.07 Å². The van der Waals surface area contributed by atoms with Crippen LogP contribution in [-0.4, -0.2) is 23.3 Å². The van der Waals surface area contributed by atoms with Crippen molar-refractivity contribution in [2.45, 2.75) is 12.6 Å². The summed E-state index contributed by atoms with van der Waals surface area (Å²) in [6, 6.07) is 2.90. The molecule has 2 aromatic rings. The Balaban J connectivity index is 1.69. The van der Waals surface area contributed by atoms with Gasteiger partial charge in [-0.2, -0.15) is 13.2 Å². The zero-order chi connectivity index (χ0) is 19.1. The number of rotatable bonds is 3. The number of anilines is 2. The lowest BCUT2D eigenvalue weighted by Gasteiger charge is -2.16. The molecule has 1 aromatic carbocycles. The number of alkyl halides is 3. The number of hydrogen-bond acceptors (Lipinski definition) is 4. The lowest BCUT2D eigenvalue weighted by molar-refractivity contribution is -0.134. The second-order valence-electron chi connectivity index (χ2n) is 5.52. The quantitative estimate of drug-likeness (QED) is 0.816. The molecule has 1 N–H and O–H groups in total. The van der Waals surface area contributed by atoms with Crippen molar-refractivity contribution in [3.63, 3.8) is 0 Å². The van der Waals surface area contributed by atoms with E-state index in [1.54, 1.807) is 0 Å². The van der Waals surface area contributed by atoms with Crippen molar-refractivity contribution in [2.24, 2.45) is 5.92 Å². The summed E-state index contributed by atoms with van der Waals surface area (Å²) in [4.78, 5) is 27.9. The van der Waals surface area contributed by atoms with E-state index in [9.17, 15) is 31.5 Å². The molecule has 0 saturated carbocycles. The fourth-order valence-corrected chi connectivity index (χ4v) is 3.14. The summed E-state index contributed by atoms with van der Waals surface area (Å²) in [6.07, 6.45) is -4.16. The molecule has 1 fully saturated rings. The molecule has 5 nitrogen and oxygen atoms in total. The van der Waals surface area contributed by atoms with E-state index in [0.717, 1.165) is 17.0 Å². The van der Waals surface area contributed by atoms with Crippen LogP contribution in [0.1, 0.15) is 11.3 Å². The summed E-state index contributed by atoms with van der Waals surface area (Å²) in [5, 5.41) is 2.01. The second kappa shape index (κ2) is 6.63. The van der Waals surface area contributed by atoms with E-state index in [4.69, 9.17) is 0 Å². The summed E-state index contributed by atoms with van der Waals surface area (Å²) in [5.41, 5.74) is 0.0952. The Morgan fingerprint density at radius 3 is 2.62 bits per heavy atom. The second-order valence-corrected chi connectivity index (χ2v) is 6.55. The predicted molar refractivity (Wildman–Crippen MR) is 82.6 cm³/mol. The Kier molecular flexibility index (Phi) is 4.65. The monoisotopic (exact) mass is 391 g/mol. The highest BCUT2D eigenvalue weighted by Gasteiger charge is 2.37. The predicted octanol–water partition coefficient (Wildman–Crippen LogP) is 3.43. The molecular weight excluding hydrogens is 381 g/mol. The van der Waals surface area contributed by atoms with Crippen molar-refractivity contribution in [1.29, 1.82) is 0 Å². The lowest BCUT2D eigenvalue weighted by atomic mass is 10.1. The van der Waals surface area contributed by atoms with Gasteiger partial charge in [0.1, 0.15) is 4.88 Å². The van der Waals surface area contributed by atoms with Crippen molar-refractivity contribution in [3.05, 3.63) is 40.9 Å². The molecule has 2 amide bonds. The SMILES string of the molecule is O=C(Nc1ncc(C(F)(F)F)s1)C1CC(=O)N(c2ccc(F)c(F)c2)C1. The number of halogens is 5. The molecule has 1 saturated heterocycles. The van der Waals surface area contributed by atoms with Crippen molar-refractivity contribution >= 4 is 34.0 Å². The highest BCUT2D eigenvalue weighted by molar-refractivity contribution is 7.15. The molecule has 1 unspecified atom stereocenters. The number of carbonyl (C=O) groups is 2. The molecule has 1 atom stereocenters. The fraction of sp³-hybridized carbons (Fsp3) is 0.267. The molecule has 0 aliphatic carbocycles. The summed E-state index contributed by atoms with van der Waals surface area (Å²) < 4.78 is 63.9. The lowest BCUT2D eigenvalue weighted by Crippen LogP contribution is -2.28. The zero-order valence-electron chi connectivity index (χ0n) is 12.8. The van der Waals surface area contributed by atoms with Crippen LogP contribution >= 0.6 is 11.3 Å². The maximum Gasteiger partial charge on any atom is 0.427 e. The van der Waals surface area contributed by atoms with E-state index < -0.39 is 40.4 Å². The van der Waals surface area contributed by atoms with Gasteiger partial charge in [-0.05, 0) is 12.1 Å². The van der Waals surface area contributed by atoms with Crippen LogP contribution in [0.25, 0.3) is 0 Å². The summed E-state index contributed by atoms with van der Waals surface area (Å²) in [6.45, 7) is -0.104. The minimum atomic E-state index is -4.56. The molecule has 0 spiro atoms. The van der Waals surface area contributed by atoms with Crippen LogP contribution in [0.5, 0.6) is 0 Å². The van der Waals surface area contributed by atoms with Crippen molar-refractivity contribution < 1.29 is 31.5 Å². The summed E-state index contributed by atoms with van der Waals surface area (Å²) >= 11 is 0.271. The van der Waals surface area contributed by atoms with E-state index in [2.05, 4.69) is 10.3 Å². The topological polar surface area (TPSA) is 62.3 Å². The van der Waals surface area contributed by atoms with Gasteiger partial charge in [0, 0.05) is 24.7 Å². The molecule has 1 aliphatic heterocycles. The van der Waals surface area contributed by atoms with Crippen LogP contribution < -0.4 is 10.2 Å². The third kappa shape index (κ3) is 3.66. The molecule has 1 aliphatic rings. The minimum Gasteiger partial charge on any atom is -0.311 e. The largest absolute Gasteiger partial charge is 0.427 e.